The molecule has 2 rings (SSSR count). The molecule has 1 N–H and O–H groups in total. The van der Waals surface area contributed by atoms with E-state index in [2.05, 4.69) is 5.32 Å². The number of sulfonamides is 1. The SMILES string of the molecule is COc1ccc(N(C)S(=O)(=O)C(C)CNC2CC2)cc1. The van der Waals surface area contributed by atoms with E-state index in [4.69, 9.17) is 4.74 Å². The van der Waals surface area contributed by atoms with Gasteiger partial charge in [0.15, 0.2) is 0 Å². The first-order valence-corrected chi connectivity index (χ1v) is 8.30. The van der Waals surface area contributed by atoms with Crippen LogP contribution >= 0.6 is 0 Å². The average molecular weight is 298 g/mol. The third-order valence-corrected chi connectivity index (χ3v) is 5.76. The lowest BCUT2D eigenvalue weighted by Crippen LogP contribution is -2.40. The lowest BCUT2D eigenvalue weighted by Gasteiger charge is -2.24. The molecule has 0 radical (unpaired) electrons. The largest absolute Gasteiger partial charge is 0.497 e. The van der Waals surface area contributed by atoms with Crippen LogP contribution in [0.1, 0.15) is 19.8 Å². The monoisotopic (exact) mass is 298 g/mol. The predicted octanol–water partition coefficient (Wildman–Crippen LogP) is 1.60. The highest BCUT2D eigenvalue weighted by Crippen LogP contribution is 2.23. The molecule has 112 valence electrons. The number of benzene rings is 1. The minimum absolute atomic E-state index is 0.449. The zero-order valence-corrected chi connectivity index (χ0v) is 13.0. The number of nitrogens with one attached hydrogen (secondary N) is 1. The molecule has 0 aromatic heterocycles. The second-order valence-electron chi connectivity index (χ2n) is 5.20. The first-order chi connectivity index (χ1) is 9.45. The van der Waals surface area contributed by atoms with Crippen LogP contribution in [0.5, 0.6) is 5.75 Å². The number of rotatable bonds is 7. The van der Waals surface area contributed by atoms with Gasteiger partial charge in [0.1, 0.15) is 5.75 Å². The Morgan fingerprint density at radius 3 is 2.45 bits per heavy atom. The van der Waals surface area contributed by atoms with Crippen molar-refractivity contribution in [2.24, 2.45) is 0 Å². The van der Waals surface area contributed by atoms with Gasteiger partial charge in [-0.05, 0) is 44.0 Å². The number of nitrogens with zero attached hydrogens (tertiary/aromatic N) is 1. The summed E-state index contributed by atoms with van der Waals surface area (Å²) in [6.45, 7) is 2.23. The third-order valence-electron chi connectivity index (χ3n) is 3.60. The van der Waals surface area contributed by atoms with Gasteiger partial charge in [-0.25, -0.2) is 8.42 Å². The summed E-state index contributed by atoms with van der Waals surface area (Å²) in [5, 5.41) is 2.81. The van der Waals surface area contributed by atoms with Crippen molar-refractivity contribution in [1.82, 2.24) is 5.32 Å². The second-order valence-corrected chi connectivity index (χ2v) is 7.59. The summed E-state index contributed by atoms with van der Waals surface area (Å²) in [6.07, 6.45) is 2.31. The Morgan fingerprint density at radius 1 is 1.35 bits per heavy atom. The number of hydrogen-bond acceptors (Lipinski definition) is 4. The highest BCUT2D eigenvalue weighted by Gasteiger charge is 2.28. The summed E-state index contributed by atoms with van der Waals surface area (Å²) in [5.41, 5.74) is 0.643. The van der Waals surface area contributed by atoms with Crippen LogP contribution in [0, 0.1) is 0 Å². The fourth-order valence-corrected chi connectivity index (χ4v) is 3.20. The highest BCUT2D eigenvalue weighted by molar-refractivity contribution is 7.93. The van der Waals surface area contributed by atoms with Crippen molar-refractivity contribution in [3.8, 4) is 5.75 Å². The lowest BCUT2D eigenvalue weighted by molar-refractivity contribution is 0.415. The van der Waals surface area contributed by atoms with E-state index in [0.29, 0.717) is 24.0 Å². The second kappa shape index (κ2) is 6.01. The van der Waals surface area contributed by atoms with Gasteiger partial charge < -0.3 is 10.1 Å². The van der Waals surface area contributed by atoms with Gasteiger partial charge in [0.25, 0.3) is 0 Å². The Labute approximate surface area is 121 Å². The summed E-state index contributed by atoms with van der Waals surface area (Å²) in [4.78, 5) is 0. The van der Waals surface area contributed by atoms with Gasteiger partial charge in [0.2, 0.25) is 10.0 Å². The van der Waals surface area contributed by atoms with Gasteiger partial charge in [0.05, 0.1) is 18.0 Å². The summed E-state index contributed by atoms with van der Waals surface area (Å²) in [5.74, 6) is 0.711. The van der Waals surface area contributed by atoms with Crippen molar-refractivity contribution in [3.05, 3.63) is 24.3 Å². The fraction of sp³-hybridized carbons (Fsp3) is 0.571. The van der Waals surface area contributed by atoms with Crippen LogP contribution in [0.25, 0.3) is 0 Å². The molecule has 0 aliphatic heterocycles. The van der Waals surface area contributed by atoms with Gasteiger partial charge in [-0.1, -0.05) is 0 Å². The molecular formula is C14H22N2O3S. The lowest BCUT2D eigenvalue weighted by atomic mass is 10.3. The molecule has 0 saturated heterocycles. The predicted molar refractivity (Wildman–Crippen MR) is 80.8 cm³/mol. The smallest absolute Gasteiger partial charge is 0.238 e. The van der Waals surface area contributed by atoms with E-state index in [-0.39, 0.29) is 0 Å². The van der Waals surface area contributed by atoms with Crippen LogP contribution < -0.4 is 14.4 Å². The quantitative estimate of drug-likeness (QED) is 0.831. The Kier molecular flexibility index (Phi) is 4.55. The fourth-order valence-electron chi connectivity index (χ4n) is 1.93. The topological polar surface area (TPSA) is 58.6 Å². The number of methoxy groups -OCH3 is 1. The number of hydrogen-bond donors (Lipinski definition) is 1. The Bertz CT molecular complexity index is 538. The zero-order chi connectivity index (χ0) is 14.8. The minimum Gasteiger partial charge on any atom is -0.497 e. The summed E-state index contributed by atoms with van der Waals surface area (Å²) >= 11 is 0. The molecule has 1 aromatic carbocycles. The van der Waals surface area contributed by atoms with Gasteiger partial charge in [-0.3, -0.25) is 4.31 Å². The molecule has 5 nitrogen and oxygen atoms in total. The average Bonchev–Trinajstić information content (AvgIpc) is 3.28. The van der Waals surface area contributed by atoms with Gasteiger partial charge in [0, 0.05) is 19.6 Å². The number of ether oxygens (including phenoxy) is 1. The van der Waals surface area contributed by atoms with Crippen LogP contribution in [-0.4, -0.2) is 40.4 Å². The van der Waals surface area contributed by atoms with E-state index >= 15 is 0 Å². The number of anilines is 1. The maximum atomic E-state index is 12.5. The van der Waals surface area contributed by atoms with Crippen LogP contribution in [0.4, 0.5) is 5.69 Å². The molecule has 1 saturated carbocycles. The highest BCUT2D eigenvalue weighted by atomic mass is 32.2. The van der Waals surface area contributed by atoms with Crippen molar-refractivity contribution < 1.29 is 13.2 Å². The van der Waals surface area contributed by atoms with Crippen molar-refractivity contribution in [2.75, 3.05) is 25.0 Å². The summed E-state index contributed by atoms with van der Waals surface area (Å²) in [7, 11) is -0.177. The molecule has 1 aliphatic rings. The Hall–Kier alpha value is -1.27. The maximum Gasteiger partial charge on any atom is 0.238 e. The van der Waals surface area contributed by atoms with Gasteiger partial charge >= 0.3 is 0 Å². The molecule has 1 aromatic rings. The molecule has 1 unspecified atom stereocenters. The summed E-state index contributed by atoms with van der Waals surface area (Å²) < 4.78 is 31.4. The molecule has 0 bridgehead atoms. The van der Waals surface area contributed by atoms with Crippen molar-refractivity contribution in [3.63, 3.8) is 0 Å². The van der Waals surface area contributed by atoms with E-state index in [0.717, 1.165) is 12.8 Å². The molecule has 1 fully saturated rings. The first-order valence-electron chi connectivity index (χ1n) is 6.80. The van der Waals surface area contributed by atoms with E-state index < -0.39 is 15.3 Å². The van der Waals surface area contributed by atoms with Crippen LogP contribution in [0.15, 0.2) is 24.3 Å². The Morgan fingerprint density at radius 2 is 1.95 bits per heavy atom. The normalized spacial score (nSPS) is 16.8. The van der Waals surface area contributed by atoms with Crippen LogP contribution in [0.2, 0.25) is 0 Å². The van der Waals surface area contributed by atoms with E-state index in [1.807, 2.05) is 0 Å². The molecule has 0 heterocycles. The molecule has 20 heavy (non-hydrogen) atoms. The van der Waals surface area contributed by atoms with E-state index in [9.17, 15) is 8.42 Å². The summed E-state index contributed by atoms with van der Waals surface area (Å²) in [6, 6.07) is 7.52. The van der Waals surface area contributed by atoms with Crippen molar-refractivity contribution in [1.29, 1.82) is 0 Å². The van der Waals surface area contributed by atoms with Gasteiger partial charge in [-0.2, -0.15) is 0 Å². The van der Waals surface area contributed by atoms with E-state index in [1.165, 1.54) is 4.31 Å². The van der Waals surface area contributed by atoms with Crippen molar-refractivity contribution in [2.45, 2.75) is 31.1 Å². The standard InChI is InChI=1S/C14H22N2O3S/c1-11(10-15-12-4-5-12)20(17,18)16(2)13-6-8-14(19-3)9-7-13/h6-9,11-12,15H,4-5,10H2,1-3H3. The Balaban J connectivity index is 2.05. The van der Waals surface area contributed by atoms with Crippen LogP contribution in [-0.2, 0) is 10.0 Å². The first kappa shape index (κ1) is 15.1. The third kappa shape index (κ3) is 3.43. The molecule has 1 atom stereocenters. The van der Waals surface area contributed by atoms with Crippen molar-refractivity contribution >= 4 is 15.7 Å². The molecule has 1 aliphatic carbocycles. The molecule has 0 spiro atoms. The maximum absolute atomic E-state index is 12.5. The molecule has 6 heteroatoms. The van der Waals surface area contributed by atoms with Gasteiger partial charge in [-0.15, -0.1) is 0 Å². The zero-order valence-electron chi connectivity index (χ0n) is 12.2. The molecule has 0 amide bonds. The van der Waals surface area contributed by atoms with Crippen LogP contribution in [0.3, 0.4) is 0 Å². The van der Waals surface area contributed by atoms with E-state index in [1.54, 1.807) is 45.3 Å². The minimum atomic E-state index is -3.35. The molecular weight excluding hydrogens is 276 g/mol.